The number of amides is 1. The van der Waals surface area contributed by atoms with E-state index in [0.29, 0.717) is 11.3 Å². The van der Waals surface area contributed by atoms with Gasteiger partial charge in [-0.1, -0.05) is 42.5 Å². The molecule has 6 nitrogen and oxygen atoms in total. The first-order valence-corrected chi connectivity index (χ1v) is 7.28. The first-order chi connectivity index (χ1) is 11.5. The van der Waals surface area contributed by atoms with E-state index in [2.05, 4.69) is 5.32 Å². The third kappa shape index (κ3) is 1.60. The Morgan fingerprint density at radius 1 is 0.875 bits per heavy atom. The van der Waals surface area contributed by atoms with Crippen molar-refractivity contribution in [2.45, 2.75) is 5.54 Å². The zero-order valence-corrected chi connectivity index (χ0v) is 12.4. The van der Waals surface area contributed by atoms with E-state index in [-0.39, 0.29) is 11.1 Å². The maximum absolute atomic E-state index is 12.9. The Morgan fingerprint density at radius 2 is 1.46 bits per heavy atom. The highest BCUT2D eigenvalue weighted by Gasteiger charge is 2.53. The first-order valence-electron chi connectivity index (χ1n) is 7.28. The number of hydrogen-bond donors (Lipinski definition) is 3. The Hall–Kier alpha value is -3.25. The molecule has 6 heteroatoms. The number of fused-ring (bicyclic) bond motifs is 2. The lowest BCUT2D eigenvalue weighted by Crippen LogP contribution is -2.49. The molecule has 0 bridgehead atoms. The number of benzene rings is 2. The third-order valence-electron chi connectivity index (χ3n) is 4.45. The molecule has 1 atom stereocenters. The Labute approximate surface area is 136 Å². The van der Waals surface area contributed by atoms with Crippen LogP contribution in [0.4, 0.5) is 5.69 Å². The second kappa shape index (κ2) is 4.62. The Kier molecular flexibility index (Phi) is 2.76. The third-order valence-corrected chi connectivity index (χ3v) is 4.45. The highest BCUT2D eigenvalue weighted by atomic mass is 16.3. The second-order valence-electron chi connectivity index (χ2n) is 5.74. The molecule has 118 valence electrons. The van der Waals surface area contributed by atoms with Gasteiger partial charge in [0.25, 0.3) is 5.91 Å². The van der Waals surface area contributed by atoms with Crippen LogP contribution in [0.2, 0.25) is 0 Å². The topological polar surface area (TPSA) is 109 Å². The summed E-state index contributed by atoms with van der Waals surface area (Å²) in [7, 11) is 0. The summed E-state index contributed by atoms with van der Waals surface area (Å²) in [6.45, 7) is 0. The molecule has 1 heterocycles. The molecule has 2 aromatic rings. The number of para-hydroxylation sites is 1. The molecular formula is C18H12N2O4. The predicted octanol–water partition coefficient (Wildman–Crippen LogP) is 1.68. The first kappa shape index (κ1) is 14.3. The van der Waals surface area contributed by atoms with Gasteiger partial charge in [0.2, 0.25) is 5.78 Å². The summed E-state index contributed by atoms with van der Waals surface area (Å²) in [4.78, 5) is 37.9. The van der Waals surface area contributed by atoms with Crippen molar-refractivity contribution in [2.24, 2.45) is 5.73 Å². The fraction of sp³-hybridized carbons (Fsp3) is 0.0556. The van der Waals surface area contributed by atoms with E-state index in [1.54, 1.807) is 36.4 Å². The number of aliphatic hydroxyl groups is 1. The van der Waals surface area contributed by atoms with Crippen molar-refractivity contribution in [1.29, 1.82) is 0 Å². The lowest BCUT2D eigenvalue weighted by molar-refractivity contribution is -0.119. The lowest BCUT2D eigenvalue weighted by atomic mass is 9.75. The standard InChI is InChI=1S/C18H12N2O4/c19-18(11-7-3-4-8-12(11)20-17(18)24)13-14(21)9-5-1-2-6-10(9)15(22)16(13)23/h1-8,23H,19H2,(H,20,24). The molecule has 1 unspecified atom stereocenters. The molecule has 1 aliphatic carbocycles. The number of rotatable bonds is 1. The van der Waals surface area contributed by atoms with E-state index in [0.717, 1.165) is 0 Å². The summed E-state index contributed by atoms with van der Waals surface area (Å²) in [5.41, 5.74) is 4.99. The molecule has 0 spiro atoms. The molecule has 0 fully saturated rings. The van der Waals surface area contributed by atoms with Crippen LogP contribution in [0, 0.1) is 0 Å². The monoisotopic (exact) mass is 320 g/mol. The number of allylic oxidation sites excluding steroid dienone is 1. The number of anilines is 1. The summed E-state index contributed by atoms with van der Waals surface area (Å²) in [5.74, 6) is -2.79. The quantitative estimate of drug-likeness (QED) is 0.740. The Balaban J connectivity index is 2.00. The van der Waals surface area contributed by atoms with E-state index in [9.17, 15) is 19.5 Å². The van der Waals surface area contributed by atoms with Gasteiger partial charge in [0.05, 0.1) is 5.57 Å². The van der Waals surface area contributed by atoms with E-state index in [4.69, 9.17) is 5.73 Å². The van der Waals surface area contributed by atoms with Gasteiger partial charge < -0.3 is 16.2 Å². The highest BCUT2D eigenvalue weighted by Crippen LogP contribution is 2.43. The molecule has 2 aliphatic rings. The van der Waals surface area contributed by atoms with Gasteiger partial charge in [0.1, 0.15) is 0 Å². The number of carbonyl (C=O) groups excluding carboxylic acids is 3. The molecule has 0 radical (unpaired) electrons. The Bertz CT molecular complexity index is 976. The maximum Gasteiger partial charge on any atom is 0.254 e. The fourth-order valence-electron chi connectivity index (χ4n) is 3.26. The number of carbonyl (C=O) groups is 3. The average Bonchev–Trinajstić information content (AvgIpc) is 2.85. The predicted molar refractivity (Wildman–Crippen MR) is 85.7 cm³/mol. The molecule has 24 heavy (non-hydrogen) atoms. The largest absolute Gasteiger partial charge is 0.504 e. The molecule has 0 aromatic heterocycles. The summed E-state index contributed by atoms with van der Waals surface area (Å²) < 4.78 is 0. The normalized spacial score (nSPS) is 22.3. The molecule has 1 aliphatic heterocycles. The summed E-state index contributed by atoms with van der Waals surface area (Å²) in [5, 5.41) is 13.0. The molecule has 1 amide bonds. The number of Topliss-reactive ketones (excluding diaryl/α,β-unsaturated/α-hetero) is 2. The van der Waals surface area contributed by atoms with Crippen molar-refractivity contribution in [3.8, 4) is 0 Å². The molecule has 4 rings (SSSR count). The van der Waals surface area contributed by atoms with Crippen LogP contribution < -0.4 is 11.1 Å². The summed E-state index contributed by atoms with van der Waals surface area (Å²) in [6, 6.07) is 12.7. The summed E-state index contributed by atoms with van der Waals surface area (Å²) in [6.07, 6.45) is 0. The van der Waals surface area contributed by atoms with Crippen molar-refractivity contribution in [1.82, 2.24) is 0 Å². The zero-order chi connectivity index (χ0) is 17.1. The van der Waals surface area contributed by atoms with Crippen molar-refractivity contribution in [3.63, 3.8) is 0 Å². The van der Waals surface area contributed by atoms with Gasteiger partial charge in [-0.3, -0.25) is 14.4 Å². The number of aliphatic hydroxyl groups excluding tert-OH is 1. The van der Waals surface area contributed by atoms with Gasteiger partial charge in [0.15, 0.2) is 17.1 Å². The van der Waals surface area contributed by atoms with Crippen molar-refractivity contribution < 1.29 is 19.5 Å². The van der Waals surface area contributed by atoms with Crippen LogP contribution >= 0.6 is 0 Å². The number of nitrogens with one attached hydrogen (secondary N) is 1. The molecule has 4 N–H and O–H groups in total. The Morgan fingerprint density at radius 3 is 2.17 bits per heavy atom. The van der Waals surface area contributed by atoms with Gasteiger partial charge in [0, 0.05) is 22.4 Å². The maximum atomic E-state index is 12.9. The van der Waals surface area contributed by atoms with Crippen LogP contribution in [0.5, 0.6) is 0 Å². The van der Waals surface area contributed by atoms with Crippen LogP contribution in [0.3, 0.4) is 0 Å². The smallest absolute Gasteiger partial charge is 0.254 e. The SMILES string of the molecule is NC1(C2=C(O)C(=O)c3ccccc3C2=O)C(=O)Nc2ccccc21. The molecule has 0 saturated carbocycles. The van der Waals surface area contributed by atoms with E-state index in [1.807, 2.05) is 0 Å². The summed E-state index contributed by atoms with van der Waals surface area (Å²) >= 11 is 0. The van der Waals surface area contributed by atoms with Gasteiger partial charge in [-0.15, -0.1) is 0 Å². The molecule has 0 saturated heterocycles. The van der Waals surface area contributed by atoms with E-state index >= 15 is 0 Å². The van der Waals surface area contributed by atoms with Crippen molar-refractivity contribution in [3.05, 3.63) is 76.6 Å². The van der Waals surface area contributed by atoms with Crippen molar-refractivity contribution in [2.75, 3.05) is 5.32 Å². The van der Waals surface area contributed by atoms with Gasteiger partial charge >= 0.3 is 0 Å². The van der Waals surface area contributed by atoms with E-state index in [1.165, 1.54) is 12.1 Å². The molecule has 2 aromatic carbocycles. The van der Waals surface area contributed by atoms with Crippen LogP contribution in [-0.4, -0.2) is 22.6 Å². The highest BCUT2D eigenvalue weighted by molar-refractivity contribution is 6.30. The van der Waals surface area contributed by atoms with Crippen LogP contribution in [0.15, 0.2) is 59.9 Å². The van der Waals surface area contributed by atoms with Crippen molar-refractivity contribution >= 4 is 23.2 Å². The van der Waals surface area contributed by atoms with E-state index < -0.39 is 34.3 Å². The zero-order valence-electron chi connectivity index (χ0n) is 12.4. The number of hydrogen-bond acceptors (Lipinski definition) is 5. The van der Waals surface area contributed by atoms with Gasteiger partial charge in [-0.05, 0) is 6.07 Å². The average molecular weight is 320 g/mol. The molecular weight excluding hydrogens is 308 g/mol. The minimum absolute atomic E-state index is 0.0963. The number of nitrogens with two attached hydrogens (primary N) is 1. The second-order valence-corrected chi connectivity index (χ2v) is 5.74. The van der Waals surface area contributed by atoms with Crippen LogP contribution in [0.25, 0.3) is 0 Å². The van der Waals surface area contributed by atoms with Crippen LogP contribution in [-0.2, 0) is 10.3 Å². The van der Waals surface area contributed by atoms with Gasteiger partial charge in [-0.2, -0.15) is 0 Å². The van der Waals surface area contributed by atoms with Gasteiger partial charge in [-0.25, -0.2) is 0 Å². The minimum Gasteiger partial charge on any atom is -0.504 e. The lowest BCUT2D eigenvalue weighted by Gasteiger charge is -2.28. The van der Waals surface area contributed by atoms with Crippen LogP contribution in [0.1, 0.15) is 26.3 Å². The minimum atomic E-state index is -1.92. The fourth-order valence-corrected chi connectivity index (χ4v) is 3.26. The number of ketones is 2.